The summed E-state index contributed by atoms with van der Waals surface area (Å²) in [6.45, 7) is 0.510. The number of carboxylic acids is 1. The van der Waals surface area contributed by atoms with Crippen molar-refractivity contribution in [1.29, 1.82) is 0 Å². The van der Waals surface area contributed by atoms with Gasteiger partial charge in [0.15, 0.2) is 0 Å². The van der Waals surface area contributed by atoms with E-state index < -0.39 is 5.97 Å². The molecule has 1 saturated carbocycles. The highest BCUT2D eigenvalue weighted by Gasteiger charge is 2.30. The van der Waals surface area contributed by atoms with E-state index in [9.17, 15) is 9.59 Å². The van der Waals surface area contributed by atoms with Crippen LogP contribution < -0.4 is 11.1 Å². The zero-order valence-corrected chi connectivity index (χ0v) is 8.74. The van der Waals surface area contributed by atoms with Gasteiger partial charge in [-0.3, -0.25) is 9.59 Å². The van der Waals surface area contributed by atoms with E-state index in [1.54, 1.807) is 0 Å². The molecule has 1 amide bonds. The molecule has 2 unspecified atom stereocenters. The van der Waals surface area contributed by atoms with Gasteiger partial charge in [0, 0.05) is 12.5 Å². The molecule has 0 radical (unpaired) electrons. The first-order chi connectivity index (χ1) is 7.13. The van der Waals surface area contributed by atoms with Gasteiger partial charge in [0.2, 0.25) is 5.91 Å². The third kappa shape index (κ3) is 3.87. The van der Waals surface area contributed by atoms with Crippen molar-refractivity contribution in [1.82, 2.24) is 5.32 Å². The number of nitrogens with one attached hydrogen (secondary N) is 1. The largest absolute Gasteiger partial charge is 0.481 e. The van der Waals surface area contributed by atoms with Gasteiger partial charge >= 0.3 is 5.97 Å². The Morgan fingerprint density at radius 3 is 2.67 bits per heavy atom. The van der Waals surface area contributed by atoms with Gasteiger partial charge in [-0.15, -0.1) is 0 Å². The Labute approximate surface area is 89.0 Å². The number of aliphatic carboxylic acids is 1. The second kappa shape index (κ2) is 5.70. The molecule has 5 heteroatoms. The van der Waals surface area contributed by atoms with Crippen LogP contribution in [0, 0.1) is 5.92 Å². The third-order valence-electron chi connectivity index (χ3n) is 2.75. The number of amides is 1. The van der Waals surface area contributed by atoms with Crippen LogP contribution >= 0.6 is 0 Å². The van der Waals surface area contributed by atoms with Crippen LogP contribution in [0.3, 0.4) is 0 Å². The van der Waals surface area contributed by atoms with Crippen LogP contribution in [0.4, 0.5) is 0 Å². The summed E-state index contributed by atoms with van der Waals surface area (Å²) >= 11 is 0. The maximum Gasteiger partial charge on any atom is 0.306 e. The molecule has 0 spiro atoms. The SMILES string of the molecule is NCCCC(=O)NC1CCC(C(=O)O)C1. The van der Waals surface area contributed by atoms with Gasteiger partial charge < -0.3 is 16.2 Å². The van der Waals surface area contributed by atoms with E-state index in [4.69, 9.17) is 10.8 Å². The van der Waals surface area contributed by atoms with Gasteiger partial charge in [0.1, 0.15) is 0 Å². The average Bonchev–Trinajstić information content (AvgIpc) is 2.63. The predicted octanol–water partition coefficient (Wildman–Crippen LogP) is 0.0948. The van der Waals surface area contributed by atoms with E-state index in [-0.39, 0.29) is 17.9 Å². The molecule has 2 atom stereocenters. The predicted molar refractivity (Wildman–Crippen MR) is 55.2 cm³/mol. The maximum absolute atomic E-state index is 11.3. The van der Waals surface area contributed by atoms with Gasteiger partial charge in [0.05, 0.1) is 5.92 Å². The molecule has 15 heavy (non-hydrogen) atoms. The second-order valence-electron chi connectivity index (χ2n) is 4.00. The lowest BCUT2D eigenvalue weighted by Gasteiger charge is -2.11. The Morgan fingerprint density at radius 1 is 1.40 bits per heavy atom. The molecular formula is C10H18N2O3. The first-order valence-electron chi connectivity index (χ1n) is 5.35. The third-order valence-corrected chi connectivity index (χ3v) is 2.75. The minimum absolute atomic E-state index is 0.0171. The average molecular weight is 214 g/mol. The van der Waals surface area contributed by atoms with E-state index in [0.29, 0.717) is 32.2 Å². The summed E-state index contributed by atoms with van der Waals surface area (Å²) in [5, 5.41) is 11.6. The topological polar surface area (TPSA) is 92.4 Å². The first kappa shape index (κ1) is 12.0. The molecule has 1 fully saturated rings. The fourth-order valence-electron chi connectivity index (χ4n) is 1.90. The smallest absolute Gasteiger partial charge is 0.306 e. The van der Waals surface area contributed by atoms with Crippen LogP contribution in [0.2, 0.25) is 0 Å². The zero-order chi connectivity index (χ0) is 11.3. The van der Waals surface area contributed by atoms with Crippen LogP contribution in [-0.2, 0) is 9.59 Å². The number of nitrogens with two attached hydrogens (primary N) is 1. The van der Waals surface area contributed by atoms with Crippen LogP contribution in [0.15, 0.2) is 0 Å². The molecule has 0 saturated heterocycles. The van der Waals surface area contributed by atoms with Crippen LogP contribution in [-0.4, -0.2) is 29.6 Å². The van der Waals surface area contributed by atoms with Gasteiger partial charge in [-0.05, 0) is 32.2 Å². The molecule has 86 valence electrons. The van der Waals surface area contributed by atoms with Crippen LogP contribution in [0.25, 0.3) is 0 Å². The summed E-state index contributed by atoms with van der Waals surface area (Å²) in [6.07, 6.45) is 3.11. The fourth-order valence-corrected chi connectivity index (χ4v) is 1.90. The van der Waals surface area contributed by atoms with Crippen molar-refractivity contribution in [3.05, 3.63) is 0 Å². The Balaban J connectivity index is 2.23. The fraction of sp³-hybridized carbons (Fsp3) is 0.800. The molecule has 0 aromatic carbocycles. The molecule has 0 aromatic rings. The minimum Gasteiger partial charge on any atom is -0.481 e. The highest BCUT2D eigenvalue weighted by atomic mass is 16.4. The summed E-state index contributed by atoms with van der Waals surface area (Å²) in [5.41, 5.74) is 5.29. The number of rotatable bonds is 5. The molecule has 1 aliphatic carbocycles. The molecule has 1 aliphatic rings. The van der Waals surface area contributed by atoms with Crippen LogP contribution in [0.1, 0.15) is 32.1 Å². The zero-order valence-electron chi connectivity index (χ0n) is 8.74. The molecule has 0 heterocycles. The molecule has 4 N–H and O–H groups in total. The lowest BCUT2D eigenvalue weighted by Crippen LogP contribution is -2.33. The number of carbonyl (C=O) groups excluding carboxylic acids is 1. The summed E-state index contributed by atoms with van der Waals surface area (Å²) in [7, 11) is 0. The van der Waals surface area contributed by atoms with Crippen molar-refractivity contribution < 1.29 is 14.7 Å². The van der Waals surface area contributed by atoms with E-state index in [2.05, 4.69) is 5.32 Å². The quantitative estimate of drug-likeness (QED) is 0.605. The molecule has 0 aliphatic heterocycles. The van der Waals surface area contributed by atoms with Crippen molar-refractivity contribution in [2.24, 2.45) is 11.7 Å². The summed E-state index contributed by atoms with van der Waals surface area (Å²) in [4.78, 5) is 22.0. The number of hydrogen-bond acceptors (Lipinski definition) is 3. The molecule has 0 aromatic heterocycles. The number of carboxylic acid groups (broad SMARTS) is 1. The summed E-state index contributed by atoms with van der Waals surface area (Å²) < 4.78 is 0. The van der Waals surface area contributed by atoms with Gasteiger partial charge in [-0.2, -0.15) is 0 Å². The normalized spacial score (nSPS) is 25.1. The summed E-state index contributed by atoms with van der Waals surface area (Å²) in [5.74, 6) is -1.06. The van der Waals surface area contributed by atoms with Crippen molar-refractivity contribution >= 4 is 11.9 Å². The standard InChI is InChI=1S/C10H18N2O3/c11-5-1-2-9(13)12-8-4-3-7(6-8)10(14)15/h7-8H,1-6,11H2,(H,12,13)(H,14,15). The Kier molecular flexibility index (Phi) is 4.55. The van der Waals surface area contributed by atoms with Gasteiger partial charge in [-0.1, -0.05) is 0 Å². The lowest BCUT2D eigenvalue weighted by molar-refractivity contribution is -0.141. The molecular weight excluding hydrogens is 196 g/mol. The Morgan fingerprint density at radius 2 is 2.13 bits per heavy atom. The van der Waals surface area contributed by atoms with Crippen LogP contribution in [0.5, 0.6) is 0 Å². The van der Waals surface area contributed by atoms with E-state index in [0.717, 1.165) is 6.42 Å². The number of hydrogen-bond donors (Lipinski definition) is 3. The second-order valence-corrected chi connectivity index (χ2v) is 4.00. The van der Waals surface area contributed by atoms with Crippen molar-refractivity contribution in [3.8, 4) is 0 Å². The minimum atomic E-state index is -0.756. The van der Waals surface area contributed by atoms with E-state index in [1.807, 2.05) is 0 Å². The van der Waals surface area contributed by atoms with Gasteiger partial charge in [-0.25, -0.2) is 0 Å². The van der Waals surface area contributed by atoms with E-state index >= 15 is 0 Å². The summed E-state index contributed by atoms with van der Waals surface area (Å²) in [6, 6.07) is 0.0383. The Hall–Kier alpha value is -1.10. The molecule has 0 bridgehead atoms. The molecule has 1 rings (SSSR count). The van der Waals surface area contributed by atoms with Crippen molar-refractivity contribution in [2.45, 2.75) is 38.1 Å². The van der Waals surface area contributed by atoms with Gasteiger partial charge in [0.25, 0.3) is 0 Å². The highest BCUT2D eigenvalue weighted by molar-refractivity contribution is 5.76. The Bertz CT molecular complexity index is 243. The molecule has 5 nitrogen and oxygen atoms in total. The number of carbonyl (C=O) groups is 2. The first-order valence-corrected chi connectivity index (χ1v) is 5.35. The monoisotopic (exact) mass is 214 g/mol. The van der Waals surface area contributed by atoms with Crippen molar-refractivity contribution in [3.63, 3.8) is 0 Å². The van der Waals surface area contributed by atoms with Crippen molar-refractivity contribution in [2.75, 3.05) is 6.54 Å². The maximum atomic E-state index is 11.3. The lowest BCUT2D eigenvalue weighted by atomic mass is 10.1. The van der Waals surface area contributed by atoms with E-state index in [1.165, 1.54) is 0 Å². The highest BCUT2D eigenvalue weighted by Crippen LogP contribution is 2.25.